The van der Waals surface area contributed by atoms with Gasteiger partial charge in [0, 0.05) is 12.2 Å². The van der Waals surface area contributed by atoms with E-state index >= 15 is 0 Å². The summed E-state index contributed by atoms with van der Waals surface area (Å²) in [5, 5.41) is 7.29. The molecular formula is C16H14N4S. The molecule has 2 heterocycles. The van der Waals surface area contributed by atoms with Crippen molar-refractivity contribution in [3.63, 3.8) is 0 Å². The van der Waals surface area contributed by atoms with Gasteiger partial charge in [-0.2, -0.15) is 5.10 Å². The Balaban J connectivity index is 1.78. The average Bonchev–Trinajstić information content (AvgIpc) is 3.11. The van der Waals surface area contributed by atoms with Gasteiger partial charge in [0.1, 0.15) is 5.69 Å². The molecule has 1 N–H and O–H groups in total. The molecule has 0 radical (unpaired) electrons. The SMILES string of the molecule is S=c1[nH]nc(-c2ccccn2)n1C1Cc2ccccc2C1. The summed E-state index contributed by atoms with van der Waals surface area (Å²) in [4.78, 5) is 4.39. The molecule has 0 unspecified atom stereocenters. The van der Waals surface area contributed by atoms with Gasteiger partial charge in [-0.3, -0.25) is 14.6 Å². The number of H-pyrrole nitrogens is 1. The Kier molecular flexibility index (Phi) is 2.93. The van der Waals surface area contributed by atoms with E-state index in [1.807, 2.05) is 18.2 Å². The summed E-state index contributed by atoms with van der Waals surface area (Å²) in [5.74, 6) is 0.818. The van der Waals surface area contributed by atoms with Crippen molar-refractivity contribution in [2.24, 2.45) is 0 Å². The van der Waals surface area contributed by atoms with Crippen LogP contribution in [0.4, 0.5) is 0 Å². The molecule has 0 saturated carbocycles. The number of aromatic amines is 1. The van der Waals surface area contributed by atoms with Crippen LogP contribution in [0.25, 0.3) is 11.5 Å². The van der Waals surface area contributed by atoms with Crippen molar-refractivity contribution < 1.29 is 0 Å². The quantitative estimate of drug-likeness (QED) is 0.737. The van der Waals surface area contributed by atoms with Gasteiger partial charge in [0.25, 0.3) is 0 Å². The van der Waals surface area contributed by atoms with E-state index in [9.17, 15) is 0 Å². The van der Waals surface area contributed by atoms with Crippen LogP contribution in [0.5, 0.6) is 0 Å². The van der Waals surface area contributed by atoms with Crippen molar-refractivity contribution in [3.05, 3.63) is 64.6 Å². The summed E-state index contributed by atoms with van der Waals surface area (Å²) in [5.41, 5.74) is 3.65. The molecule has 0 amide bonds. The highest BCUT2D eigenvalue weighted by Crippen LogP contribution is 2.32. The Morgan fingerprint density at radius 2 is 1.76 bits per heavy atom. The van der Waals surface area contributed by atoms with Crippen molar-refractivity contribution in [2.45, 2.75) is 18.9 Å². The van der Waals surface area contributed by atoms with E-state index in [-0.39, 0.29) is 0 Å². The number of nitrogens with zero attached hydrogens (tertiary/aromatic N) is 3. The molecule has 3 aromatic rings. The Labute approximate surface area is 127 Å². The molecule has 0 saturated heterocycles. The maximum Gasteiger partial charge on any atom is 0.195 e. The van der Waals surface area contributed by atoms with Crippen molar-refractivity contribution >= 4 is 12.2 Å². The third-order valence-electron chi connectivity index (χ3n) is 3.99. The standard InChI is InChI=1S/C16H14N4S/c21-16-19-18-15(14-7-3-4-8-17-14)20(16)13-9-11-5-1-2-6-12(11)10-13/h1-8,13H,9-10H2,(H,19,21). The first-order valence-corrected chi connectivity index (χ1v) is 7.39. The van der Waals surface area contributed by atoms with Crippen LogP contribution >= 0.6 is 12.2 Å². The molecule has 0 spiro atoms. The number of aromatic nitrogens is 4. The van der Waals surface area contributed by atoms with E-state index in [2.05, 4.69) is 44.0 Å². The molecule has 1 aromatic carbocycles. The zero-order valence-corrected chi connectivity index (χ0v) is 12.2. The number of hydrogen-bond donors (Lipinski definition) is 1. The third-order valence-corrected chi connectivity index (χ3v) is 4.28. The molecule has 0 atom stereocenters. The van der Waals surface area contributed by atoms with E-state index in [4.69, 9.17) is 12.2 Å². The normalized spacial score (nSPS) is 14.3. The maximum absolute atomic E-state index is 5.44. The van der Waals surface area contributed by atoms with E-state index in [0.29, 0.717) is 10.8 Å². The highest BCUT2D eigenvalue weighted by atomic mass is 32.1. The second-order valence-electron chi connectivity index (χ2n) is 5.27. The minimum absolute atomic E-state index is 0.311. The second-order valence-corrected chi connectivity index (χ2v) is 5.65. The molecule has 1 aliphatic carbocycles. The van der Waals surface area contributed by atoms with Gasteiger partial charge in [-0.05, 0) is 48.3 Å². The minimum Gasteiger partial charge on any atom is -0.295 e. The summed E-state index contributed by atoms with van der Waals surface area (Å²) in [6.45, 7) is 0. The molecule has 104 valence electrons. The van der Waals surface area contributed by atoms with Crippen LogP contribution in [0.15, 0.2) is 48.7 Å². The van der Waals surface area contributed by atoms with Gasteiger partial charge >= 0.3 is 0 Å². The number of fused-ring (bicyclic) bond motifs is 1. The lowest BCUT2D eigenvalue weighted by molar-refractivity contribution is 0.526. The lowest BCUT2D eigenvalue weighted by Crippen LogP contribution is -2.11. The smallest absolute Gasteiger partial charge is 0.195 e. The van der Waals surface area contributed by atoms with Crippen LogP contribution in [-0.2, 0) is 12.8 Å². The Morgan fingerprint density at radius 3 is 2.43 bits per heavy atom. The Hall–Kier alpha value is -2.27. The molecule has 4 rings (SSSR count). The van der Waals surface area contributed by atoms with E-state index in [0.717, 1.165) is 24.4 Å². The van der Waals surface area contributed by atoms with Gasteiger partial charge in [0.2, 0.25) is 0 Å². The molecule has 0 fully saturated rings. The predicted octanol–water partition coefficient (Wildman–Crippen LogP) is 3.34. The minimum atomic E-state index is 0.311. The zero-order valence-electron chi connectivity index (χ0n) is 11.4. The second kappa shape index (κ2) is 4.93. The maximum atomic E-state index is 5.44. The van der Waals surface area contributed by atoms with Gasteiger partial charge in [-0.1, -0.05) is 30.3 Å². The third kappa shape index (κ3) is 2.10. The predicted molar refractivity (Wildman–Crippen MR) is 83.5 cm³/mol. The fourth-order valence-corrected chi connectivity index (χ4v) is 3.32. The Bertz CT molecular complexity index is 810. The van der Waals surface area contributed by atoms with Crippen molar-refractivity contribution in [2.75, 3.05) is 0 Å². The molecule has 2 aromatic heterocycles. The number of benzene rings is 1. The topological polar surface area (TPSA) is 46.5 Å². The first-order valence-electron chi connectivity index (χ1n) is 6.98. The number of rotatable bonds is 2. The van der Waals surface area contributed by atoms with Crippen LogP contribution in [0.3, 0.4) is 0 Å². The lowest BCUT2D eigenvalue weighted by Gasteiger charge is -2.13. The average molecular weight is 294 g/mol. The fraction of sp³-hybridized carbons (Fsp3) is 0.188. The molecule has 0 bridgehead atoms. The van der Waals surface area contributed by atoms with Crippen molar-refractivity contribution in [3.8, 4) is 11.5 Å². The van der Waals surface area contributed by atoms with Gasteiger partial charge in [0.15, 0.2) is 10.6 Å². The molecule has 5 heteroatoms. The van der Waals surface area contributed by atoms with Gasteiger partial charge in [0.05, 0.1) is 0 Å². The number of pyridine rings is 1. The van der Waals surface area contributed by atoms with Crippen LogP contribution in [0.1, 0.15) is 17.2 Å². The van der Waals surface area contributed by atoms with E-state index < -0.39 is 0 Å². The first-order chi connectivity index (χ1) is 10.3. The molecule has 21 heavy (non-hydrogen) atoms. The first kappa shape index (κ1) is 12.5. The van der Waals surface area contributed by atoms with Crippen molar-refractivity contribution in [1.29, 1.82) is 0 Å². The van der Waals surface area contributed by atoms with Crippen LogP contribution in [-0.4, -0.2) is 19.7 Å². The van der Waals surface area contributed by atoms with Gasteiger partial charge < -0.3 is 0 Å². The highest BCUT2D eigenvalue weighted by molar-refractivity contribution is 7.71. The van der Waals surface area contributed by atoms with E-state index in [1.54, 1.807) is 6.20 Å². The largest absolute Gasteiger partial charge is 0.295 e. The van der Waals surface area contributed by atoms with Gasteiger partial charge in [-0.25, -0.2) is 0 Å². The van der Waals surface area contributed by atoms with Crippen LogP contribution < -0.4 is 0 Å². The highest BCUT2D eigenvalue weighted by Gasteiger charge is 2.26. The summed E-state index contributed by atoms with van der Waals surface area (Å²) in [7, 11) is 0. The van der Waals surface area contributed by atoms with Crippen LogP contribution in [0.2, 0.25) is 0 Å². The molecular weight excluding hydrogens is 280 g/mol. The monoisotopic (exact) mass is 294 g/mol. The lowest BCUT2D eigenvalue weighted by atomic mass is 10.1. The summed E-state index contributed by atoms with van der Waals surface area (Å²) in [6.07, 6.45) is 3.76. The molecule has 4 nitrogen and oxygen atoms in total. The fourth-order valence-electron chi connectivity index (χ4n) is 3.04. The summed E-state index contributed by atoms with van der Waals surface area (Å²) in [6, 6.07) is 14.7. The van der Waals surface area contributed by atoms with Crippen LogP contribution in [0, 0.1) is 4.77 Å². The summed E-state index contributed by atoms with van der Waals surface area (Å²) >= 11 is 5.44. The zero-order chi connectivity index (χ0) is 14.2. The summed E-state index contributed by atoms with van der Waals surface area (Å²) < 4.78 is 2.77. The van der Waals surface area contributed by atoms with Crippen molar-refractivity contribution in [1.82, 2.24) is 19.7 Å². The Morgan fingerprint density at radius 1 is 1.05 bits per heavy atom. The molecule has 1 aliphatic rings. The number of hydrogen-bond acceptors (Lipinski definition) is 3. The van der Waals surface area contributed by atoms with E-state index in [1.165, 1.54) is 11.1 Å². The number of nitrogens with one attached hydrogen (secondary N) is 1. The molecule has 0 aliphatic heterocycles. The van der Waals surface area contributed by atoms with Gasteiger partial charge in [-0.15, -0.1) is 0 Å².